The Labute approximate surface area is 193 Å². The van der Waals surface area contributed by atoms with E-state index in [2.05, 4.69) is 10.0 Å². The van der Waals surface area contributed by atoms with E-state index < -0.39 is 16.1 Å². The molecule has 9 nitrogen and oxygen atoms in total. The number of fused-ring (bicyclic) bond motifs is 1. The van der Waals surface area contributed by atoms with Gasteiger partial charge in [0.05, 0.1) is 24.5 Å². The normalized spacial score (nSPS) is 22.2. The van der Waals surface area contributed by atoms with Crippen molar-refractivity contribution in [2.24, 2.45) is 0 Å². The molecule has 1 amide bonds. The zero-order chi connectivity index (χ0) is 23.3. The average Bonchev–Trinajstić information content (AvgIpc) is 3.28. The number of nitrogens with one attached hydrogen (secondary N) is 2. The van der Waals surface area contributed by atoms with Gasteiger partial charge in [0.25, 0.3) is 5.91 Å². The predicted octanol–water partition coefficient (Wildman–Crippen LogP) is 1.56. The Morgan fingerprint density at radius 2 is 1.85 bits per heavy atom. The Morgan fingerprint density at radius 1 is 1.06 bits per heavy atom. The molecule has 2 aliphatic rings. The third-order valence-electron chi connectivity index (χ3n) is 5.73. The lowest BCUT2D eigenvalue weighted by Crippen LogP contribution is -2.51. The first kappa shape index (κ1) is 23.5. The molecule has 3 N–H and O–H groups in total. The summed E-state index contributed by atoms with van der Waals surface area (Å²) in [6.07, 6.45) is 0.960. The number of benzene rings is 2. The molecule has 0 aliphatic carbocycles. The molecule has 33 heavy (non-hydrogen) atoms. The van der Waals surface area contributed by atoms with Crippen LogP contribution in [0.5, 0.6) is 11.5 Å². The van der Waals surface area contributed by atoms with E-state index in [1.807, 2.05) is 6.07 Å². The van der Waals surface area contributed by atoms with Gasteiger partial charge in [0.2, 0.25) is 16.8 Å². The third-order valence-corrected chi connectivity index (χ3v) is 7.09. The van der Waals surface area contributed by atoms with Crippen molar-refractivity contribution < 1.29 is 32.5 Å². The summed E-state index contributed by atoms with van der Waals surface area (Å²) in [6.45, 7) is 0.127. The van der Waals surface area contributed by atoms with Gasteiger partial charge in [-0.15, -0.1) is 0 Å². The highest BCUT2D eigenvalue weighted by Crippen LogP contribution is 2.32. The Morgan fingerprint density at radius 3 is 2.64 bits per heavy atom. The van der Waals surface area contributed by atoms with Gasteiger partial charge in [0.15, 0.2) is 11.5 Å². The van der Waals surface area contributed by atoms with E-state index in [-0.39, 0.29) is 43.8 Å². The summed E-state index contributed by atoms with van der Waals surface area (Å²) in [6, 6.07) is 13.6. The predicted molar refractivity (Wildman–Crippen MR) is 120 cm³/mol. The fourth-order valence-corrected chi connectivity index (χ4v) is 5.18. The molecule has 0 aromatic heterocycles. The van der Waals surface area contributed by atoms with E-state index in [1.165, 1.54) is 0 Å². The number of amides is 1. The van der Waals surface area contributed by atoms with Gasteiger partial charge >= 0.3 is 0 Å². The van der Waals surface area contributed by atoms with Crippen LogP contribution in [0.3, 0.4) is 0 Å². The van der Waals surface area contributed by atoms with Crippen LogP contribution in [0.4, 0.5) is 0 Å². The molecule has 0 unspecified atom stereocenters. The molecule has 3 atom stereocenters. The number of aliphatic hydroxyl groups is 1. The van der Waals surface area contributed by atoms with Gasteiger partial charge in [-0.25, -0.2) is 13.1 Å². The first-order valence-electron chi connectivity index (χ1n) is 10.9. The van der Waals surface area contributed by atoms with Crippen LogP contribution in [0.2, 0.25) is 0 Å². The molecule has 1 fully saturated rings. The van der Waals surface area contributed by atoms with Crippen molar-refractivity contribution in [2.75, 3.05) is 19.9 Å². The van der Waals surface area contributed by atoms with E-state index in [1.54, 1.807) is 42.5 Å². The number of hydrogen-bond donors (Lipinski definition) is 3. The van der Waals surface area contributed by atoms with Crippen molar-refractivity contribution in [3.05, 3.63) is 59.7 Å². The third kappa shape index (κ3) is 6.23. The second kappa shape index (κ2) is 10.5. The summed E-state index contributed by atoms with van der Waals surface area (Å²) in [5, 5.41) is 12.7. The molecule has 4 rings (SSSR count). The smallest absolute Gasteiger partial charge is 0.251 e. The maximum atomic E-state index is 12.7. The standard InChI is InChI=1S/C23H28N2O7S/c26-13-22-19(25-23(27)17-6-9-20-21(12-17)31-15-30-20)8-7-18(32-22)10-11-24-33(28,29)14-16-4-2-1-3-5-16/h1-6,9,12,18-19,22,24,26H,7-8,10-11,13-15H2,(H,25,27)/t18-,19-,22-/m1/s1. The Bertz CT molecular complexity index is 1060. The van der Waals surface area contributed by atoms with Crippen LogP contribution in [0.15, 0.2) is 48.5 Å². The molecule has 178 valence electrons. The summed E-state index contributed by atoms with van der Waals surface area (Å²) in [7, 11) is -3.45. The van der Waals surface area contributed by atoms with Crippen LogP contribution in [0, 0.1) is 0 Å². The molecule has 0 radical (unpaired) electrons. The van der Waals surface area contributed by atoms with Crippen molar-refractivity contribution in [2.45, 2.75) is 43.3 Å². The van der Waals surface area contributed by atoms with Crippen molar-refractivity contribution in [1.82, 2.24) is 10.0 Å². The second-order valence-electron chi connectivity index (χ2n) is 8.13. The number of ether oxygens (including phenoxy) is 3. The lowest BCUT2D eigenvalue weighted by atomic mass is 9.96. The van der Waals surface area contributed by atoms with Gasteiger partial charge in [0, 0.05) is 12.1 Å². The maximum absolute atomic E-state index is 12.7. The van der Waals surface area contributed by atoms with Crippen molar-refractivity contribution in [3.8, 4) is 11.5 Å². The number of carbonyl (C=O) groups is 1. The van der Waals surface area contributed by atoms with E-state index >= 15 is 0 Å². The van der Waals surface area contributed by atoms with Crippen LogP contribution in [0.1, 0.15) is 35.2 Å². The van der Waals surface area contributed by atoms with Gasteiger partial charge in [0.1, 0.15) is 6.10 Å². The van der Waals surface area contributed by atoms with Gasteiger partial charge in [-0.3, -0.25) is 4.79 Å². The van der Waals surface area contributed by atoms with Crippen molar-refractivity contribution in [1.29, 1.82) is 0 Å². The van der Waals surface area contributed by atoms with Crippen LogP contribution in [-0.4, -0.2) is 57.6 Å². The van der Waals surface area contributed by atoms with Crippen LogP contribution in [0.25, 0.3) is 0 Å². The zero-order valence-corrected chi connectivity index (χ0v) is 18.9. The number of aliphatic hydroxyl groups excluding tert-OH is 1. The lowest BCUT2D eigenvalue weighted by molar-refractivity contribution is -0.0891. The highest BCUT2D eigenvalue weighted by molar-refractivity contribution is 7.88. The van der Waals surface area contributed by atoms with Gasteiger partial charge in [-0.05, 0) is 43.0 Å². The maximum Gasteiger partial charge on any atom is 0.251 e. The molecular weight excluding hydrogens is 448 g/mol. The number of rotatable bonds is 9. The van der Waals surface area contributed by atoms with Gasteiger partial charge in [-0.1, -0.05) is 30.3 Å². The average molecular weight is 477 g/mol. The van der Waals surface area contributed by atoms with Crippen LogP contribution < -0.4 is 19.5 Å². The Hall–Kier alpha value is -2.66. The molecule has 1 saturated heterocycles. The minimum absolute atomic E-state index is 0.0768. The zero-order valence-electron chi connectivity index (χ0n) is 18.1. The fourth-order valence-electron chi connectivity index (χ4n) is 4.02. The van der Waals surface area contributed by atoms with E-state index in [0.29, 0.717) is 36.3 Å². The van der Waals surface area contributed by atoms with Crippen LogP contribution in [-0.2, 0) is 20.5 Å². The summed E-state index contributed by atoms with van der Waals surface area (Å²) in [5.74, 6) is 0.763. The minimum atomic E-state index is -3.45. The van der Waals surface area contributed by atoms with Crippen molar-refractivity contribution in [3.63, 3.8) is 0 Å². The molecule has 2 aromatic carbocycles. The molecule has 0 bridgehead atoms. The molecular formula is C23H28N2O7S. The van der Waals surface area contributed by atoms with E-state index in [9.17, 15) is 18.3 Å². The second-order valence-corrected chi connectivity index (χ2v) is 9.94. The van der Waals surface area contributed by atoms with Crippen molar-refractivity contribution >= 4 is 15.9 Å². The Kier molecular flexibility index (Phi) is 7.49. The molecule has 0 spiro atoms. The van der Waals surface area contributed by atoms with E-state index in [4.69, 9.17) is 14.2 Å². The molecule has 10 heteroatoms. The number of sulfonamides is 1. The minimum Gasteiger partial charge on any atom is -0.454 e. The highest BCUT2D eigenvalue weighted by atomic mass is 32.2. The van der Waals surface area contributed by atoms with Crippen LogP contribution >= 0.6 is 0 Å². The number of carbonyl (C=O) groups excluding carboxylic acids is 1. The summed E-state index contributed by atoms with van der Waals surface area (Å²) in [5.41, 5.74) is 1.16. The van der Waals surface area contributed by atoms with E-state index in [0.717, 1.165) is 5.56 Å². The van der Waals surface area contributed by atoms with Gasteiger partial charge < -0.3 is 24.6 Å². The van der Waals surface area contributed by atoms with Gasteiger partial charge in [-0.2, -0.15) is 0 Å². The summed E-state index contributed by atoms with van der Waals surface area (Å²) >= 11 is 0. The first-order chi connectivity index (χ1) is 15.9. The fraction of sp³-hybridized carbons (Fsp3) is 0.435. The SMILES string of the molecule is O=C(N[C@@H]1CC[C@H](CCNS(=O)(=O)Cc2ccccc2)O[C@@H]1CO)c1ccc2c(c1)OCO2. The first-order valence-corrected chi connectivity index (χ1v) is 12.6. The largest absolute Gasteiger partial charge is 0.454 e. The lowest BCUT2D eigenvalue weighted by Gasteiger charge is -2.36. The molecule has 0 saturated carbocycles. The number of hydrogen-bond acceptors (Lipinski definition) is 7. The summed E-state index contributed by atoms with van der Waals surface area (Å²) in [4.78, 5) is 12.7. The molecule has 2 heterocycles. The highest BCUT2D eigenvalue weighted by Gasteiger charge is 2.32. The molecule has 2 aliphatic heterocycles. The topological polar surface area (TPSA) is 123 Å². The monoisotopic (exact) mass is 476 g/mol. The Balaban J connectivity index is 1.25. The summed E-state index contributed by atoms with van der Waals surface area (Å²) < 4.78 is 43.7. The quantitative estimate of drug-likeness (QED) is 0.502. The molecule has 2 aromatic rings.